The molecule has 0 unspecified atom stereocenters. The highest BCUT2D eigenvalue weighted by atomic mass is 35.5. The fourth-order valence-electron chi connectivity index (χ4n) is 2.34. The number of halogens is 1. The summed E-state index contributed by atoms with van der Waals surface area (Å²) in [7, 11) is 0. The summed E-state index contributed by atoms with van der Waals surface area (Å²) in [6, 6.07) is 5.83. The van der Waals surface area contributed by atoms with E-state index in [0.717, 1.165) is 38.4 Å². The minimum absolute atomic E-state index is 0.278. The van der Waals surface area contributed by atoms with Crippen LogP contribution in [-0.2, 0) is 6.54 Å². The standard InChI is InChI=1S/C14H22ClN3/c1-14(2,3)18-9-7-17(8-10-18)11-12-5-4-6-13(15)16-12/h4-6H,7-11H2,1-3H3. The van der Waals surface area contributed by atoms with Crippen LogP contribution in [0.25, 0.3) is 0 Å². The Hall–Kier alpha value is -0.640. The molecular formula is C14H22ClN3. The van der Waals surface area contributed by atoms with Gasteiger partial charge in [-0.25, -0.2) is 4.98 Å². The lowest BCUT2D eigenvalue weighted by Crippen LogP contribution is -2.53. The predicted molar refractivity (Wildman–Crippen MR) is 75.9 cm³/mol. The molecule has 1 aromatic rings. The molecule has 1 aromatic heterocycles. The van der Waals surface area contributed by atoms with Crippen LogP contribution < -0.4 is 0 Å². The van der Waals surface area contributed by atoms with Crippen molar-refractivity contribution in [3.8, 4) is 0 Å². The highest BCUT2D eigenvalue weighted by Gasteiger charge is 2.25. The van der Waals surface area contributed by atoms with Gasteiger partial charge in [-0.15, -0.1) is 0 Å². The van der Waals surface area contributed by atoms with Crippen molar-refractivity contribution in [2.24, 2.45) is 0 Å². The summed E-state index contributed by atoms with van der Waals surface area (Å²) in [5.74, 6) is 0. The summed E-state index contributed by atoms with van der Waals surface area (Å²) >= 11 is 5.91. The molecule has 1 fully saturated rings. The Morgan fingerprint density at radius 1 is 1.17 bits per heavy atom. The van der Waals surface area contributed by atoms with Crippen molar-refractivity contribution in [3.63, 3.8) is 0 Å². The molecule has 1 saturated heterocycles. The maximum Gasteiger partial charge on any atom is 0.129 e. The molecule has 0 N–H and O–H groups in total. The molecule has 1 aliphatic rings. The number of aromatic nitrogens is 1. The summed E-state index contributed by atoms with van der Waals surface area (Å²) < 4.78 is 0. The van der Waals surface area contributed by atoms with E-state index in [1.165, 1.54) is 0 Å². The largest absolute Gasteiger partial charge is 0.296 e. The molecule has 0 saturated carbocycles. The highest BCUT2D eigenvalue weighted by Crippen LogP contribution is 2.17. The number of piperazine rings is 1. The Morgan fingerprint density at radius 2 is 1.83 bits per heavy atom. The first-order valence-electron chi connectivity index (χ1n) is 6.54. The van der Waals surface area contributed by atoms with Gasteiger partial charge in [0.2, 0.25) is 0 Å². The zero-order chi connectivity index (χ0) is 13.2. The van der Waals surface area contributed by atoms with E-state index in [-0.39, 0.29) is 5.54 Å². The average Bonchev–Trinajstić information content (AvgIpc) is 2.28. The van der Waals surface area contributed by atoms with Crippen LogP contribution in [0.4, 0.5) is 0 Å². The van der Waals surface area contributed by atoms with Gasteiger partial charge in [-0.2, -0.15) is 0 Å². The van der Waals surface area contributed by atoms with E-state index in [0.29, 0.717) is 5.15 Å². The van der Waals surface area contributed by atoms with Gasteiger partial charge in [0.1, 0.15) is 5.15 Å². The predicted octanol–water partition coefficient (Wildman–Crippen LogP) is 2.65. The maximum atomic E-state index is 5.91. The Labute approximate surface area is 115 Å². The van der Waals surface area contributed by atoms with Crippen LogP contribution in [0.1, 0.15) is 26.5 Å². The van der Waals surface area contributed by atoms with E-state index in [1.807, 2.05) is 18.2 Å². The molecule has 0 aromatic carbocycles. The van der Waals surface area contributed by atoms with E-state index in [2.05, 4.69) is 35.6 Å². The third-order valence-electron chi connectivity index (χ3n) is 3.48. The maximum absolute atomic E-state index is 5.91. The van der Waals surface area contributed by atoms with Crippen molar-refractivity contribution in [3.05, 3.63) is 29.0 Å². The van der Waals surface area contributed by atoms with Gasteiger partial charge in [-0.1, -0.05) is 17.7 Å². The lowest BCUT2D eigenvalue weighted by atomic mass is 10.0. The lowest BCUT2D eigenvalue weighted by molar-refractivity contribution is 0.0586. The number of rotatable bonds is 2. The zero-order valence-corrected chi connectivity index (χ0v) is 12.2. The van der Waals surface area contributed by atoms with Crippen LogP contribution in [0, 0.1) is 0 Å². The number of hydrogen-bond donors (Lipinski definition) is 0. The second-order valence-corrected chi connectivity index (χ2v) is 6.27. The molecular weight excluding hydrogens is 246 g/mol. The van der Waals surface area contributed by atoms with E-state index in [4.69, 9.17) is 11.6 Å². The van der Waals surface area contributed by atoms with Crippen LogP contribution in [0.15, 0.2) is 18.2 Å². The fourth-order valence-corrected chi connectivity index (χ4v) is 2.53. The minimum Gasteiger partial charge on any atom is -0.296 e. The van der Waals surface area contributed by atoms with Gasteiger partial charge in [0.15, 0.2) is 0 Å². The van der Waals surface area contributed by atoms with Crippen LogP contribution in [0.5, 0.6) is 0 Å². The molecule has 18 heavy (non-hydrogen) atoms. The van der Waals surface area contributed by atoms with E-state index in [9.17, 15) is 0 Å². The smallest absolute Gasteiger partial charge is 0.129 e. The van der Waals surface area contributed by atoms with Crippen molar-refractivity contribution in [1.29, 1.82) is 0 Å². The summed E-state index contributed by atoms with van der Waals surface area (Å²) in [6.07, 6.45) is 0. The first-order valence-corrected chi connectivity index (χ1v) is 6.92. The van der Waals surface area contributed by atoms with Crippen molar-refractivity contribution in [1.82, 2.24) is 14.8 Å². The minimum atomic E-state index is 0.278. The van der Waals surface area contributed by atoms with Gasteiger partial charge in [-0.05, 0) is 32.9 Å². The number of hydrogen-bond acceptors (Lipinski definition) is 3. The summed E-state index contributed by atoms with van der Waals surface area (Å²) in [5.41, 5.74) is 1.34. The Kier molecular flexibility index (Phi) is 4.25. The van der Waals surface area contributed by atoms with Gasteiger partial charge >= 0.3 is 0 Å². The second kappa shape index (κ2) is 5.55. The van der Waals surface area contributed by atoms with Crippen molar-refractivity contribution in [2.45, 2.75) is 32.9 Å². The molecule has 100 valence electrons. The van der Waals surface area contributed by atoms with Crippen LogP contribution >= 0.6 is 11.6 Å². The third-order valence-corrected chi connectivity index (χ3v) is 3.69. The first-order chi connectivity index (χ1) is 8.45. The lowest BCUT2D eigenvalue weighted by Gasteiger charge is -2.42. The molecule has 2 rings (SSSR count). The summed E-state index contributed by atoms with van der Waals surface area (Å²) in [5, 5.41) is 0.584. The Bertz CT molecular complexity index is 392. The molecule has 1 aliphatic heterocycles. The Morgan fingerprint density at radius 3 is 2.39 bits per heavy atom. The van der Waals surface area contributed by atoms with Gasteiger partial charge in [0.25, 0.3) is 0 Å². The van der Waals surface area contributed by atoms with Crippen molar-refractivity contribution >= 4 is 11.6 Å². The molecule has 0 aliphatic carbocycles. The normalized spacial score (nSPS) is 19.1. The van der Waals surface area contributed by atoms with Crippen LogP contribution in [0.2, 0.25) is 5.15 Å². The average molecular weight is 268 g/mol. The van der Waals surface area contributed by atoms with Crippen molar-refractivity contribution in [2.75, 3.05) is 26.2 Å². The molecule has 2 heterocycles. The molecule has 0 amide bonds. The SMILES string of the molecule is CC(C)(C)N1CCN(Cc2cccc(Cl)n2)CC1. The van der Waals surface area contributed by atoms with Gasteiger partial charge in [-0.3, -0.25) is 9.80 Å². The monoisotopic (exact) mass is 267 g/mol. The molecule has 0 radical (unpaired) electrons. The topological polar surface area (TPSA) is 19.4 Å². The second-order valence-electron chi connectivity index (χ2n) is 5.89. The van der Waals surface area contributed by atoms with Crippen LogP contribution in [0.3, 0.4) is 0 Å². The van der Waals surface area contributed by atoms with E-state index < -0.39 is 0 Å². The van der Waals surface area contributed by atoms with Gasteiger partial charge in [0, 0.05) is 38.3 Å². The number of nitrogens with zero attached hydrogens (tertiary/aromatic N) is 3. The Balaban J connectivity index is 1.87. The van der Waals surface area contributed by atoms with Gasteiger partial charge < -0.3 is 0 Å². The zero-order valence-electron chi connectivity index (χ0n) is 11.5. The van der Waals surface area contributed by atoms with E-state index >= 15 is 0 Å². The summed E-state index contributed by atoms with van der Waals surface area (Å²) in [6.45, 7) is 12.2. The third kappa shape index (κ3) is 3.67. The van der Waals surface area contributed by atoms with E-state index in [1.54, 1.807) is 0 Å². The molecule has 4 heteroatoms. The van der Waals surface area contributed by atoms with Gasteiger partial charge in [0.05, 0.1) is 5.69 Å². The first kappa shape index (κ1) is 13.8. The fraction of sp³-hybridized carbons (Fsp3) is 0.643. The molecule has 0 bridgehead atoms. The highest BCUT2D eigenvalue weighted by molar-refractivity contribution is 6.29. The quantitative estimate of drug-likeness (QED) is 0.768. The van der Waals surface area contributed by atoms with Crippen LogP contribution in [-0.4, -0.2) is 46.5 Å². The molecule has 3 nitrogen and oxygen atoms in total. The molecule has 0 spiro atoms. The number of pyridine rings is 1. The summed E-state index contributed by atoms with van der Waals surface area (Å²) in [4.78, 5) is 9.33. The van der Waals surface area contributed by atoms with Crippen molar-refractivity contribution < 1.29 is 0 Å². The molecule has 0 atom stereocenters.